The number of aromatic carboxylic acids is 1. The van der Waals surface area contributed by atoms with Gasteiger partial charge in [-0.3, -0.25) is 9.20 Å². The van der Waals surface area contributed by atoms with Crippen LogP contribution in [0.15, 0.2) is 47.5 Å². The molecule has 2 atom stereocenters. The van der Waals surface area contributed by atoms with Crippen molar-refractivity contribution in [2.24, 2.45) is 5.92 Å². The van der Waals surface area contributed by atoms with Crippen LogP contribution in [0.5, 0.6) is 0 Å². The topological polar surface area (TPSA) is 106 Å². The third-order valence-electron chi connectivity index (χ3n) is 8.44. The van der Waals surface area contributed by atoms with Gasteiger partial charge in [-0.25, -0.2) is 18.6 Å². The molecule has 2 aliphatic heterocycles. The first-order valence-corrected chi connectivity index (χ1v) is 13.1. The van der Waals surface area contributed by atoms with Gasteiger partial charge >= 0.3 is 5.97 Å². The molecule has 40 heavy (non-hydrogen) atoms. The summed E-state index contributed by atoms with van der Waals surface area (Å²) in [6.45, 7) is 2.51. The Labute approximate surface area is 226 Å². The van der Waals surface area contributed by atoms with Crippen molar-refractivity contribution in [3.63, 3.8) is 0 Å². The van der Waals surface area contributed by atoms with Crippen LogP contribution in [0.25, 0.3) is 38.6 Å². The maximum Gasteiger partial charge on any atom is 0.341 e. The van der Waals surface area contributed by atoms with Crippen molar-refractivity contribution in [2.75, 3.05) is 43.9 Å². The zero-order chi connectivity index (χ0) is 27.9. The number of carboxylic acid groups (broad SMARTS) is 1. The van der Waals surface area contributed by atoms with E-state index in [9.17, 15) is 19.1 Å². The molecule has 9 nitrogen and oxygen atoms in total. The van der Waals surface area contributed by atoms with Crippen LogP contribution in [-0.2, 0) is 0 Å². The Kier molecular flexibility index (Phi) is 5.36. The molecule has 2 fully saturated rings. The predicted molar refractivity (Wildman–Crippen MR) is 149 cm³/mol. The van der Waals surface area contributed by atoms with Gasteiger partial charge in [-0.1, -0.05) is 6.07 Å². The number of pyridine rings is 3. The van der Waals surface area contributed by atoms with Gasteiger partial charge in [0.05, 0.1) is 27.7 Å². The highest BCUT2D eigenvalue weighted by atomic mass is 19.2. The first-order valence-electron chi connectivity index (χ1n) is 13.1. The fourth-order valence-corrected chi connectivity index (χ4v) is 6.61. The smallest absolute Gasteiger partial charge is 0.341 e. The molecule has 4 aromatic heterocycles. The lowest BCUT2D eigenvalue weighted by molar-refractivity contribution is 0.0694. The van der Waals surface area contributed by atoms with Gasteiger partial charge in [0.15, 0.2) is 11.6 Å². The number of hydrogen-bond acceptors (Lipinski definition) is 6. The number of nitrogens with one attached hydrogen (secondary N) is 2. The van der Waals surface area contributed by atoms with E-state index in [4.69, 9.17) is 0 Å². The van der Waals surface area contributed by atoms with E-state index < -0.39 is 23.2 Å². The number of hydrogen-bond donors (Lipinski definition) is 3. The number of carbonyl (C=O) groups is 1. The molecule has 0 spiro atoms. The summed E-state index contributed by atoms with van der Waals surface area (Å²) in [7, 11) is 3.73. The van der Waals surface area contributed by atoms with Gasteiger partial charge in [-0.15, -0.1) is 0 Å². The minimum atomic E-state index is -1.31. The van der Waals surface area contributed by atoms with Crippen molar-refractivity contribution in [3.05, 3.63) is 70.3 Å². The molecule has 2 saturated heterocycles. The van der Waals surface area contributed by atoms with Gasteiger partial charge in [0, 0.05) is 67.8 Å². The van der Waals surface area contributed by atoms with Crippen molar-refractivity contribution < 1.29 is 18.7 Å². The molecule has 5 aromatic rings. The lowest BCUT2D eigenvalue weighted by atomic mass is 10.00. The quantitative estimate of drug-likeness (QED) is 0.312. The molecular weight excluding hydrogens is 518 g/mol. The zero-order valence-corrected chi connectivity index (χ0v) is 21.8. The molecule has 7 rings (SSSR count). The van der Waals surface area contributed by atoms with Crippen molar-refractivity contribution >= 4 is 44.8 Å². The molecule has 204 valence electrons. The second-order valence-electron chi connectivity index (χ2n) is 10.7. The second kappa shape index (κ2) is 8.75. The number of aromatic nitrogens is 3. The minimum absolute atomic E-state index is 0.115. The fourth-order valence-electron chi connectivity index (χ4n) is 6.61. The summed E-state index contributed by atoms with van der Waals surface area (Å²) in [5.41, 5.74) is 2.77. The number of H-pyrrole nitrogens is 1. The van der Waals surface area contributed by atoms with Crippen molar-refractivity contribution in [1.82, 2.24) is 19.3 Å². The maximum absolute atomic E-state index is 15.6. The molecule has 1 aromatic carbocycles. The Balaban J connectivity index is 1.57. The van der Waals surface area contributed by atoms with Gasteiger partial charge in [0.2, 0.25) is 0 Å². The van der Waals surface area contributed by atoms with E-state index in [-0.39, 0.29) is 17.0 Å². The number of rotatable bonds is 4. The van der Waals surface area contributed by atoms with Gasteiger partial charge in [-0.05, 0) is 37.6 Å². The highest BCUT2D eigenvalue weighted by molar-refractivity contribution is 6.18. The summed E-state index contributed by atoms with van der Waals surface area (Å²) in [4.78, 5) is 37.0. The molecule has 0 amide bonds. The molecule has 11 heteroatoms. The lowest BCUT2D eigenvalue weighted by Crippen LogP contribution is -2.35. The lowest BCUT2D eigenvalue weighted by Gasteiger charge is -2.29. The average molecular weight is 545 g/mol. The standard InChI is InChI=1S/C29H26F2N6O3/c1-32-20-9-19(30)24(31)22-23-26(36-8-7-15-11-35(2)13-21(15)36)18(10-33-27(23)34-25(20)22)14-3-4-16-5-6-17(29(39)40)28(38)37(16)12-14/h3-6,9-10,12,15,21,32H,7-8,11,13H2,1-2H3,(H,33,34)(H,39,40)/t15-,21+/m0/s1. The normalized spacial score (nSPS) is 19.2. The number of carboxylic acids is 1. The fraction of sp³-hybridized carbons (Fsp3) is 0.276. The number of anilines is 2. The van der Waals surface area contributed by atoms with E-state index in [1.165, 1.54) is 10.5 Å². The number of benzene rings is 1. The molecule has 0 aliphatic carbocycles. The number of aromatic amines is 1. The third-order valence-corrected chi connectivity index (χ3v) is 8.44. The van der Waals surface area contributed by atoms with Crippen LogP contribution in [-0.4, -0.2) is 70.1 Å². The number of fused-ring (bicyclic) bond motifs is 5. The Bertz CT molecular complexity index is 1930. The van der Waals surface area contributed by atoms with Crippen molar-refractivity contribution in [1.29, 1.82) is 0 Å². The average Bonchev–Trinajstić information content (AvgIpc) is 3.62. The SMILES string of the molecule is CNc1cc(F)c(F)c2c1[nH]c1ncc(-c3ccc4ccc(C(=O)O)c(=O)n4c3)c(N3CC[C@H]4CN(C)C[C@H]43)c12. The summed E-state index contributed by atoms with van der Waals surface area (Å²) in [5, 5.41) is 13.0. The Morgan fingerprint density at radius 3 is 2.75 bits per heavy atom. The van der Waals surface area contributed by atoms with Gasteiger partial charge < -0.3 is 25.2 Å². The van der Waals surface area contributed by atoms with E-state index >= 15 is 4.39 Å². The molecule has 0 saturated carbocycles. The maximum atomic E-state index is 15.6. The largest absolute Gasteiger partial charge is 0.477 e. The van der Waals surface area contributed by atoms with Crippen LogP contribution in [0, 0.1) is 17.6 Å². The van der Waals surface area contributed by atoms with Crippen LogP contribution in [0.2, 0.25) is 0 Å². The summed E-state index contributed by atoms with van der Waals surface area (Å²) >= 11 is 0. The van der Waals surface area contributed by atoms with Gasteiger partial charge in [0.1, 0.15) is 11.2 Å². The number of likely N-dealkylation sites (N-methyl/N-ethyl adjacent to an activating group) is 1. The number of halogens is 2. The number of likely N-dealkylation sites (tertiary alicyclic amines) is 1. The molecule has 6 heterocycles. The van der Waals surface area contributed by atoms with Gasteiger partial charge in [0.25, 0.3) is 5.56 Å². The summed E-state index contributed by atoms with van der Waals surface area (Å²) < 4.78 is 31.8. The van der Waals surface area contributed by atoms with E-state index in [0.717, 1.165) is 32.1 Å². The highest BCUT2D eigenvalue weighted by Gasteiger charge is 2.42. The van der Waals surface area contributed by atoms with Gasteiger partial charge in [-0.2, -0.15) is 0 Å². The molecule has 0 radical (unpaired) electrons. The zero-order valence-electron chi connectivity index (χ0n) is 21.8. The van der Waals surface area contributed by atoms with E-state index in [2.05, 4.69) is 32.1 Å². The third kappa shape index (κ3) is 3.43. The molecule has 3 N–H and O–H groups in total. The Morgan fingerprint density at radius 1 is 1.18 bits per heavy atom. The summed E-state index contributed by atoms with van der Waals surface area (Å²) in [5.74, 6) is -2.80. The molecular formula is C29H26F2N6O3. The van der Waals surface area contributed by atoms with Crippen LogP contribution in [0.4, 0.5) is 20.2 Å². The van der Waals surface area contributed by atoms with E-state index in [0.29, 0.717) is 50.5 Å². The Morgan fingerprint density at radius 2 is 1.98 bits per heavy atom. The minimum Gasteiger partial charge on any atom is -0.477 e. The number of nitrogens with zero attached hydrogens (tertiary/aromatic N) is 4. The summed E-state index contributed by atoms with van der Waals surface area (Å²) in [6.07, 6.45) is 4.23. The van der Waals surface area contributed by atoms with Crippen LogP contribution in [0.3, 0.4) is 0 Å². The van der Waals surface area contributed by atoms with Crippen LogP contribution >= 0.6 is 0 Å². The van der Waals surface area contributed by atoms with E-state index in [1.54, 1.807) is 31.6 Å². The first kappa shape index (κ1) is 24.5. The van der Waals surface area contributed by atoms with Crippen LogP contribution < -0.4 is 15.8 Å². The second-order valence-corrected chi connectivity index (χ2v) is 10.7. The molecule has 0 unspecified atom stereocenters. The van der Waals surface area contributed by atoms with Crippen LogP contribution in [0.1, 0.15) is 16.8 Å². The first-order chi connectivity index (χ1) is 19.3. The molecule has 0 bridgehead atoms. The Hall–Kier alpha value is -4.51. The highest BCUT2D eigenvalue weighted by Crippen LogP contribution is 2.46. The summed E-state index contributed by atoms with van der Waals surface area (Å²) in [6, 6.07) is 7.74. The van der Waals surface area contributed by atoms with Crippen molar-refractivity contribution in [3.8, 4) is 11.1 Å². The predicted octanol–water partition coefficient (Wildman–Crippen LogP) is 4.15. The molecule has 2 aliphatic rings. The monoisotopic (exact) mass is 544 g/mol. The van der Waals surface area contributed by atoms with Crippen molar-refractivity contribution in [2.45, 2.75) is 12.5 Å². The van der Waals surface area contributed by atoms with E-state index in [1.807, 2.05) is 6.07 Å².